The van der Waals surface area contributed by atoms with Gasteiger partial charge in [-0.3, -0.25) is 9.52 Å². The van der Waals surface area contributed by atoms with Crippen molar-refractivity contribution in [3.63, 3.8) is 0 Å². The summed E-state index contributed by atoms with van der Waals surface area (Å²) < 4.78 is 28.1. The van der Waals surface area contributed by atoms with Crippen molar-refractivity contribution in [1.29, 1.82) is 0 Å². The Morgan fingerprint density at radius 1 is 0.829 bits per heavy atom. The molecular formula is C27H25N3O3S2. The lowest BCUT2D eigenvalue weighted by Gasteiger charge is -2.12. The van der Waals surface area contributed by atoms with Gasteiger partial charge in [-0.2, -0.15) is 0 Å². The van der Waals surface area contributed by atoms with Gasteiger partial charge in [0.25, 0.3) is 10.0 Å². The van der Waals surface area contributed by atoms with Gasteiger partial charge in [0.05, 0.1) is 11.3 Å². The third kappa shape index (κ3) is 6.23. The van der Waals surface area contributed by atoms with Crippen LogP contribution in [0.25, 0.3) is 10.8 Å². The Morgan fingerprint density at radius 3 is 2.20 bits per heavy atom. The number of hydrogen-bond donors (Lipinski definition) is 3. The molecule has 0 saturated carbocycles. The van der Waals surface area contributed by atoms with Crippen LogP contribution in [0.3, 0.4) is 0 Å². The average molecular weight is 504 g/mol. The van der Waals surface area contributed by atoms with Gasteiger partial charge in [-0.05, 0) is 89.9 Å². The second-order valence-electron chi connectivity index (χ2n) is 8.32. The summed E-state index contributed by atoms with van der Waals surface area (Å²) in [5, 5.41) is 7.84. The fourth-order valence-corrected chi connectivity index (χ4v) is 5.19. The molecule has 0 aliphatic carbocycles. The Hall–Kier alpha value is -3.75. The molecule has 3 N–H and O–H groups in total. The van der Waals surface area contributed by atoms with E-state index in [1.54, 1.807) is 24.3 Å². The predicted octanol–water partition coefficient (Wildman–Crippen LogP) is 5.31. The Labute approximate surface area is 210 Å². The predicted molar refractivity (Wildman–Crippen MR) is 145 cm³/mol. The number of hydrogen-bond acceptors (Lipinski definition) is 4. The maximum absolute atomic E-state index is 12.8. The van der Waals surface area contributed by atoms with Gasteiger partial charge in [0.2, 0.25) is 5.91 Å². The molecule has 0 aromatic heterocycles. The van der Waals surface area contributed by atoms with E-state index in [1.807, 2.05) is 62.4 Å². The number of thiocarbonyl (C=S) groups is 1. The van der Waals surface area contributed by atoms with E-state index in [0.717, 1.165) is 27.5 Å². The van der Waals surface area contributed by atoms with E-state index < -0.39 is 10.0 Å². The lowest BCUT2D eigenvalue weighted by molar-refractivity contribution is -0.119. The van der Waals surface area contributed by atoms with E-state index in [4.69, 9.17) is 12.2 Å². The molecule has 0 spiro atoms. The number of carbonyl (C=O) groups is 1. The molecule has 6 nitrogen and oxygen atoms in total. The Morgan fingerprint density at radius 2 is 1.49 bits per heavy atom. The molecule has 35 heavy (non-hydrogen) atoms. The zero-order valence-electron chi connectivity index (χ0n) is 19.3. The molecule has 0 atom stereocenters. The fraction of sp³-hybridized carbons (Fsp3) is 0.111. The molecule has 0 fully saturated rings. The standard InChI is InChI=1S/C27H25N3O3S2/c1-18-14-19(2)16-23(15-18)30-35(32,33)24-12-10-22(11-13-24)28-27(34)29-26(31)17-21-8-5-7-20-6-3-4-9-25(20)21/h3-16,30H,17H2,1-2H3,(H2,28,29,31,34). The van der Waals surface area contributed by atoms with Crippen LogP contribution in [0.2, 0.25) is 0 Å². The maximum atomic E-state index is 12.8. The fourth-order valence-electron chi connectivity index (χ4n) is 3.92. The monoisotopic (exact) mass is 503 g/mol. The van der Waals surface area contributed by atoms with Crippen molar-refractivity contribution in [2.75, 3.05) is 10.0 Å². The van der Waals surface area contributed by atoms with Crippen LogP contribution < -0.4 is 15.4 Å². The summed E-state index contributed by atoms with van der Waals surface area (Å²) in [6, 6.07) is 25.4. The molecule has 178 valence electrons. The summed E-state index contributed by atoms with van der Waals surface area (Å²) in [6.45, 7) is 3.82. The van der Waals surface area contributed by atoms with Crippen molar-refractivity contribution < 1.29 is 13.2 Å². The molecule has 4 rings (SSSR count). The van der Waals surface area contributed by atoms with Crippen molar-refractivity contribution in [2.24, 2.45) is 0 Å². The van der Waals surface area contributed by atoms with Crippen molar-refractivity contribution >= 4 is 55.4 Å². The van der Waals surface area contributed by atoms with Gasteiger partial charge in [-0.1, -0.05) is 48.5 Å². The number of rotatable bonds is 6. The average Bonchev–Trinajstić information content (AvgIpc) is 2.78. The van der Waals surface area contributed by atoms with Crippen molar-refractivity contribution in [3.8, 4) is 0 Å². The molecule has 0 aliphatic heterocycles. The lowest BCUT2D eigenvalue weighted by Crippen LogP contribution is -2.35. The number of anilines is 2. The molecule has 0 heterocycles. The van der Waals surface area contributed by atoms with Gasteiger partial charge in [0, 0.05) is 11.4 Å². The highest BCUT2D eigenvalue weighted by Crippen LogP contribution is 2.21. The van der Waals surface area contributed by atoms with Gasteiger partial charge in [0.1, 0.15) is 0 Å². The number of fused-ring (bicyclic) bond motifs is 1. The van der Waals surface area contributed by atoms with E-state index >= 15 is 0 Å². The van der Waals surface area contributed by atoms with Gasteiger partial charge in [-0.25, -0.2) is 8.42 Å². The molecule has 4 aromatic carbocycles. The minimum Gasteiger partial charge on any atom is -0.332 e. The molecule has 0 unspecified atom stereocenters. The molecule has 8 heteroatoms. The maximum Gasteiger partial charge on any atom is 0.261 e. The molecule has 4 aromatic rings. The summed E-state index contributed by atoms with van der Waals surface area (Å²) in [6.07, 6.45) is 0.185. The number of sulfonamides is 1. The summed E-state index contributed by atoms with van der Waals surface area (Å²) in [7, 11) is -3.74. The van der Waals surface area contributed by atoms with Crippen LogP contribution in [0.15, 0.2) is 89.8 Å². The summed E-state index contributed by atoms with van der Waals surface area (Å²) >= 11 is 5.27. The first-order chi connectivity index (χ1) is 16.7. The summed E-state index contributed by atoms with van der Waals surface area (Å²) in [5.41, 5.74) is 3.93. The van der Waals surface area contributed by atoms with E-state index in [-0.39, 0.29) is 22.3 Å². The van der Waals surface area contributed by atoms with E-state index in [0.29, 0.717) is 11.4 Å². The van der Waals surface area contributed by atoms with Crippen LogP contribution in [0.1, 0.15) is 16.7 Å². The minimum atomic E-state index is -3.74. The number of aryl methyl sites for hydroxylation is 2. The Bertz CT molecular complexity index is 1490. The molecule has 0 saturated heterocycles. The number of amides is 1. The minimum absolute atomic E-state index is 0.119. The smallest absolute Gasteiger partial charge is 0.261 e. The first-order valence-electron chi connectivity index (χ1n) is 11.0. The number of benzene rings is 4. The highest BCUT2D eigenvalue weighted by atomic mass is 32.2. The molecule has 0 bridgehead atoms. The second-order valence-corrected chi connectivity index (χ2v) is 10.4. The van der Waals surface area contributed by atoms with Crippen LogP contribution >= 0.6 is 12.2 Å². The zero-order chi connectivity index (χ0) is 25.0. The first-order valence-corrected chi connectivity index (χ1v) is 12.9. The lowest BCUT2D eigenvalue weighted by atomic mass is 10.0. The second kappa shape index (κ2) is 10.2. The third-order valence-corrected chi connectivity index (χ3v) is 6.98. The van der Waals surface area contributed by atoms with Crippen LogP contribution in [0, 0.1) is 13.8 Å². The molecule has 0 radical (unpaired) electrons. The zero-order valence-corrected chi connectivity index (χ0v) is 21.0. The van der Waals surface area contributed by atoms with Crippen molar-refractivity contribution in [3.05, 3.63) is 102 Å². The van der Waals surface area contributed by atoms with Crippen LogP contribution in [-0.4, -0.2) is 19.4 Å². The van der Waals surface area contributed by atoms with E-state index in [1.165, 1.54) is 12.1 Å². The van der Waals surface area contributed by atoms with E-state index in [9.17, 15) is 13.2 Å². The molecule has 1 amide bonds. The van der Waals surface area contributed by atoms with Gasteiger partial charge in [-0.15, -0.1) is 0 Å². The molecule has 0 aliphatic rings. The third-order valence-electron chi connectivity index (χ3n) is 5.38. The quantitative estimate of drug-likeness (QED) is 0.310. The Balaban J connectivity index is 1.37. The van der Waals surface area contributed by atoms with Crippen molar-refractivity contribution in [2.45, 2.75) is 25.2 Å². The van der Waals surface area contributed by atoms with Gasteiger partial charge in [0.15, 0.2) is 5.11 Å². The largest absolute Gasteiger partial charge is 0.332 e. The van der Waals surface area contributed by atoms with Crippen LogP contribution in [0.5, 0.6) is 0 Å². The highest BCUT2D eigenvalue weighted by molar-refractivity contribution is 7.92. The summed E-state index contributed by atoms with van der Waals surface area (Å²) in [5.74, 6) is -0.240. The highest BCUT2D eigenvalue weighted by Gasteiger charge is 2.15. The molecular weight excluding hydrogens is 478 g/mol. The Kier molecular flexibility index (Phi) is 7.14. The normalized spacial score (nSPS) is 11.1. The topological polar surface area (TPSA) is 87.3 Å². The van der Waals surface area contributed by atoms with Crippen molar-refractivity contribution in [1.82, 2.24) is 5.32 Å². The SMILES string of the molecule is Cc1cc(C)cc(NS(=O)(=O)c2ccc(NC(=S)NC(=O)Cc3cccc4ccccc34)cc2)c1. The van der Waals surface area contributed by atoms with E-state index in [2.05, 4.69) is 15.4 Å². The van der Waals surface area contributed by atoms with Crippen LogP contribution in [0.4, 0.5) is 11.4 Å². The number of carbonyl (C=O) groups excluding carboxylic acids is 1. The van der Waals surface area contributed by atoms with Crippen LogP contribution in [-0.2, 0) is 21.2 Å². The van der Waals surface area contributed by atoms with Gasteiger partial charge < -0.3 is 10.6 Å². The summed E-state index contributed by atoms with van der Waals surface area (Å²) in [4.78, 5) is 12.7. The number of nitrogens with one attached hydrogen (secondary N) is 3. The first kappa shape index (κ1) is 24.4. The van der Waals surface area contributed by atoms with Gasteiger partial charge >= 0.3 is 0 Å².